The van der Waals surface area contributed by atoms with E-state index in [4.69, 9.17) is 0 Å². The number of amides is 1. The Bertz CT molecular complexity index is 404. The molecular formula is C13H17BrFNO2. The number of carbonyl (C=O) groups is 1. The third kappa shape index (κ3) is 3.02. The van der Waals surface area contributed by atoms with Gasteiger partial charge in [-0.05, 0) is 25.0 Å². The van der Waals surface area contributed by atoms with E-state index in [-0.39, 0.29) is 11.3 Å². The van der Waals surface area contributed by atoms with Crippen LogP contribution < -0.4 is 5.32 Å². The maximum absolute atomic E-state index is 13.6. The number of benzene rings is 1. The summed E-state index contributed by atoms with van der Waals surface area (Å²) in [5.74, 6) is -1.65. The Balaban J connectivity index is 3.02. The van der Waals surface area contributed by atoms with Crippen LogP contribution in [0.25, 0.3) is 0 Å². The first-order chi connectivity index (χ1) is 8.49. The summed E-state index contributed by atoms with van der Waals surface area (Å²) in [7, 11) is 0. The highest BCUT2D eigenvalue weighted by molar-refractivity contribution is 9.09. The van der Waals surface area contributed by atoms with Crippen LogP contribution >= 0.6 is 15.9 Å². The lowest BCUT2D eigenvalue weighted by Gasteiger charge is -2.31. The number of hydrogen-bond acceptors (Lipinski definition) is 2. The Morgan fingerprint density at radius 3 is 2.50 bits per heavy atom. The minimum Gasteiger partial charge on any atom is -0.507 e. The molecule has 0 fully saturated rings. The molecule has 1 aromatic carbocycles. The molecule has 18 heavy (non-hydrogen) atoms. The normalized spacial score (nSPS) is 11.3. The standard InChI is InChI=1S/C13H17BrFNO2/c1-3-13(4-2,8-14)16-12(18)11-9(15)6-5-7-10(11)17/h5-7,17H,3-4,8H2,1-2H3,(H,16,18). The Kier molecular flexibility index (Phi) is 5.14. The van der Waals surface area contributed by atoms with E-state index in [1.807, 2.05) is 13.8 Å². The first-order valence-electron chi connectivity index (χ1n) is 5.85. The molecule has 1 rings (SSSR count). The van der Waals surface area contributed by atoms with Gasteiger partial charge < -0.3 is 10.4 Å². The average Bonchev–Trinajstić information content (AvgIpc) is 2.36. The van der Waals surface area contributed by atoms with Gasteiger partial charge in [0.15, 0.2) is 0 Å². The van der Waals surface area contributed by atoms with Crippen LogP contribution in [0.5, 0.6) is 5.75 Å². The molecule has 0 heterocycles. The highest BCUT2D eigenvalue weighted by Gasteiger charge is 2.29. The SMILES string of the molecule is CCC(CC)(CBr)NC(=O)c1c(O)cccc1F. The van der Waals surface area contributed by atoms with Crippen LogP contribution in [-0.2, 0) is 0 Å². The van der Waals surface area contributed by atoms with Gasteiger partial charge in [-0.3, -0.25) is 4.79 Å². The van der Waals surface area contributed by atoms with Crippen LogP contribution in [0.2, 0.25) is 0 Å². The summed E-state index contributed by atoms with van der Waals surface area (Å²) in [6.07, 6.45) is 1.44. The molecule has 0 aliphatic rings. The summed E-state index contributed by atoms with van der Waals surface area (Å²) in [5, 5.41) is 12.9. The fourth-order valence-corrected chi connectivity index (χ4v) is 2.62. The van der Waals surface area contributed by atoms with Gasteiger partial charge in [-0.1, -0.05) is 35.8 Å². The lowest BCUT2D eigenvalue weighted by Crippen LogP contribution is -2.49. The van der Waals surface area contributed by atoms with Crippen LogP contribution in [0.1, 0.15) is 37.0 Å². The van der Waals surface area contributed by atoms with Gasteiger partial charge in [0.25, 0.3) is 5.91 Å². The third-order valence-electron chi connectivity index (χ3n) is 3.21. The average molecular weight is 318 g/mol. The molecule has 2 N–H and O–H groups in total. The second-order valence-corrected chi connectivity index (χ2v) is 4.77. The Morgan fingerprint density at radius 2 is 2.06 bits per heavy atom. The number of carbonyl (C=O) groups excluding carboxylic acids is 1. The van der Waals surface area contributed by atoms with Gasteiger partial charge in [0.1, 0.15) is 17.1 Å². The highest BCUT2D eigenvalue weighted by Crippen LogP contribution is 2.23. The number of rotatable bonds is 5. The predicted octanol–water partition coefficient (Wildman–Crippen LogP) is 3.21. The van der Waals surface area contributed by atoms with Gasteiger partial charge >= 0.3 is 0 Å². The summed E-state index contributed by atoms with van der Waals surface area (Å²) in [6, 6.07) is 3.81. The fourth-order valence-electron chi connectivity index (χ4n) is 1.69. The van der Waals surface area contributed by atoms with Crippen molar-refractivity contribution in [2.24, 2.45) is 0 Å². The van der Waals surface area contributed by atoms with E-state index in [9.17, 15) is 14.3 Å². The van der Waals surface area contributed by atoms with Gasteiger partial charge in [0, 0.05) is 10.9 Å². The molecule has 0 radical (unpaired) electrons. The molecule has 0 unspecified atom stereocenters. The number of phenols is 1. The minimum atomic E-state index is -0.719. The van der Waals surface area contributed by atoms with Crippen molar-refractivity contribution in [2.45, 2.75) is 32.2 Å². The number of halogens is 2. The molecule has 0 bridgehead atoms. The molecule has 0 saturated carbocycles. The van der Waals surface area contributed by atoms with Crippen molar-refractivity contribution >= 4 is 21.8 Å². The van der Waals surface area contributed by atoms with Crippen molar-refractivity contribution in [2.75, 3.05) is 5.33 Å². The summed E-state index contributed by atoms with van der Waals surface area (Å²) in [5.41, 5.74) is -0.726. The van der Waals surface area contributed by atoms with E-state index in [1.165, 1.54) is 12.1 Å². The van der Waals surface area contributed by atoms with Crippen LogP contribution in [0.15, 0.2) is 18.2 Å². The molecule has 0 saturated heterocycles. The van der Waals surface area contributed by atoms with E-state index in [2.05, 4.69) is 21.2 Å². The second kappa shape index (κ2) is 6.18. The van der Waals surface area contributed by atoms with E-state index >= 15 is 0 Å². The molecule has 100 valence electrons. The largest absolute Gasteiger partial charge is 0.507 e. The number of nitrogens with one attached hydrogen (secondary N) is 1. The van der Waals surface area contributed by atoms with Crippen LogP contribution in [0.3, 0.4) is 0 Å². The minimum absolute atomic E-state index is 0.301. The van der Waals surface area contributed by atoms with Crippen LogP contribution in [-0.4, -0.2) is 21.9 Å². The molecule has 0 spiro atoms. The summed E-state index contributed by atoms with van der Waals surface area (Å²) in [4.78, 5) is 12.0. The quantitative estimate of drug-likeness (QED) is 0.819. The fraction of sp³-hybridized carbons (Fsp3) is 0.462. The molecule has 0 atom stereocenters. The number of hydrogen-bond donors (Lipinski definition) is 2. The monoisotopic (exact) mass is 317 g/mol. The third-order valence-corrected chi connectivity index (χ3v) is 4.28. The summed E-state index contributed by atoms with van der Waals surface area (Å²) < 4.78 is 13.6. The predicted molar refractivity (Wildman–Crippen MR) is 72.6 cm³/mol. The molecule has 5 heteroatoms. The highest BCUT2D eigenvalue weighted by atomic mass is 79.9. The van der Waals surface area contributed by atoms with Crippen LogP contribution in [0.4, 0.5) is 4.39 Å². The lowest BCUT2D eigenvalue weighted by atomic mass is 9.95. The second-order valence-electron chi connectivity index (χ2n) is 4.21. The van der Waals surface area contributed by atoms with Gasteiger partial charge in [-0.25, -0.2) is 4.39 Å². The van der Waals surface area contributed by atoms with Crippen molar-refractivity contribution in [1.82, 2.24) is 5.32 Å². The molecule has 0 aliphatic heterocycles. The van der Waals surface area contributed by atoms with Crippen molar-refractivity contribution in [3.05, 3.63) is 29.6 Å². The first-order valence-corrected chi connectivity index (χ1v) is 6.97. The lowest BCUT2D eigenvalue weighted by molar-refractivity contribution is 0.0896. The van der Waals surface area contributed by atoms with E-state index in [0.29, 0.717) is 5.33 Å². The van der Waals surface area contributed by atoms with Crippen molar-refractivity contribution in [1.29, 1.82) is 0 Å². The molecule has 1 aromatic rings. The van der Waals surface area contributed by atoms with Crippen molar-refractivity contribution < 1.29 is 14.3 Å². The molecule has 0 aliphatic carbocycles. The molecule has 1 amide bonds. The van der Waals surface area contributed by atoms with Crippen molar-refractivity contribution in [3.8, 4) is 5.75 Å². The summed E-state index contributed by atoms with van der Waals surface area (Å²) >= 11 is 3.36. The van der Waals surface area contributed by atoms with Gasteiger partial charge in [-0.2, -0.15) is 0 Å². The van der Waals surface area contributed by atoms with Gasteiger partial charge in [0.05, 0.1) is 0 Å². The van der Waals surface area contributed by atoms with Gasteiger partial charge in [-0.15, -0.1) is 0 Å². The number of alkyl halides is 1. The molecule has 0 aromatic heterocycles. The number of phenolic OH excluding ortho intramolecular Hbond substituents is 1. The first kappa shape index (κ1) is 15.0. The maximum Gasteiger partial charge on any atom is 0.258 e. The smallest absolute Gasteiger partial charge is 0.258 e. The zero-order valence-electron chi connectivity index (χ0n) is 10.5. The number of aromatic hydroxyl groups is 1. The zero-order chi connectivity index (χ0) is 13.8. The Labute approximate surface area is 115 Å². The van der Waals surface area contributed by atoms with Gasteiger partial charge in [0.2, 0.25) is 0 Å². The Hall–Kier alpha value is -1.10. The Morgan fingerprint density at radius 1 is 1.44 bits per heavy atom. The topological polar surface area (TPSA) is 49.3 Å². The van der Waals surface area contributed by atoms with Crippen molar-refractivity contribution in [3.63, 3.8) is 0 Å². The molecular weight excluding hydrogens is 301 g/mol. The summed E-state index contributed by atoms with van der Waals surface area (Å²) in [6.45, 7) is 3.90. The van der Waals surface area contributed by atoms with E-state index < -0.39 is 17.3 Å². The van der Waals surface area contributed by atoms with E-state index in [0.717, 1.165) is 18.9 Å². The molecule has 3 nitrogen and oxygen atoms in total. The maximum atomic E-state index is 13.6. The van der Waals surface area contributed by atoms with E-state index in [1.54, 1.807) is 0 Å². The van der Waals surface area contributed by atoms with Crippen LogP contribution in [0, 0.1) is 5.82 Å². The zero-order valence-corrected chi connectivity index (χ0v) is 12.1.